The minimum absolute atomic E-state index is 0.364. The predicted octanol–water partition coefficient (Wildman–Crippen LogP) is 2.15. The summed E-state index contributed by atoms with van der Waals surface area (Å²) in [5.41, 5.74) is 1.12. The lowest BCUT2D eigenvalue weighted by Gasteiger charge is -2.29. The number of thiazole rings is 1. The number of likely N-dealkylation sites (N-methyl/N-ethyl adjacent to an activating group) is 1. The maximum absolute atomic E-state index is 5.82. The normalized spacial score (nSPS) is 23.2. The average molecular weight is 240 g/mol. The molecule has 2 unspecified atom stereocenters. The van der Waals surface area contributed by atoms with Gasteiger partial charge in [-0.3, -0.25) is 0 Å². The van der Waals surface area contributed by atoms with Gasteiger partial charge in [-0.05, 0) is 33.2 Å². The highest BCUT2D eigenvalue weighted by Gasteiger charge is 2.24. The third kappa shape index (κ3) is 3.03. The van der Waals surface area contributed by atoms with Gasteiger partial charge in [-0.15, -0.1) is 11.3 Å². The van der Waals surface area contributed by atoms with Crippen LogP contribution in [0.3, 0.4) is 0 Å². The summed E-state index contributed by atoms with van der Waals surface area (Å²) in [5, 5.41) is 6.70. The second-order valence-electron chi connectivity index (χ2n) is 4.39. The molecule has 1 aromatic heterocycles. The Morgan fingerprint density at radius 3 is 3.06 bits per heavy atom. The Kier molecular flexibility index (Phi) is 4.32. The Labute approximate surface area is 101 Å². The molecule has 1 saturated heterocycles. The van der Waals surface area contributed by atoms with Crippen molar-refractivity contribution in [3.63, 3.8) is 0 Å². The molecule has 0 spiro atoms. The SMILES string of the molecule is CNC(Cc1nc(C)cs1)C1CCCCO1. The zero-order valence-corrected chi connectivity index (χ0v) is 10.8. The summed E-state index contributed by atoms with van der Waals surface area (Å²) in [4.78, 5) is 4.52. The number of nitrogens with one attached hydrogen (secondary N) is 1. The van der Waals surface area contributed by atoms with Crippen molar-refractivity contribution in [2.24, 2.45) is 0 Å². The fraction of sp³-hybridized carbons (Fsp3) is 0.750. The molecule has 1 aliphatic heterocycles. The third-order valence-electron chi connectivity index (χ3n) is 3.10. The van der Waals surface area contributed by atoms with E-state index in [2.05, 4.69) is 15.7 Å². The smallest absolute Gasteiger partial charge is 0.0944 e. The Morgan fingerprint density at radius 2 is 2.50 bits per heavy atom. The van der Waals surface area contributed by atoms with Crippen LogP contribution in [0, 0.1) is 6.92 Å². The number of rotatable bonds is 4. The summed E-state index contributed by atoms with van der Waals surface area (Å²) < 4.78 is 5.82. The first-order chi connectivity index (χ1) is 7.79. The first kappa shape index (κ1) is 12.0. The minimum atomic E-state index is 0.364. The Balaban J connectivity index is 1.94. The van der Waals surface area contributed by atoms with Gasteiger partial charge in [0.1, 0.15) is 0 Å². The Bertz CT molecular complexity index is 321. The van der Waals surface area contributed by atoms with Gasteiger partial charge >= 0.3 is 0 Å². The van der Waals surface area contributed by atoms with Gasteiger partial charge in [-0.1, -0.05) is 0 Å². The van der Waals surface area contributed by atoms with E-state index in [0.29, 0.717) is 12.1 Å². The molecule has 0 radical (unpaired) electrons. The van der Waals surface area contributed by atoms with Gasteiger partial charge in [-0.25, -0.2) is 4.98 Å². The quantitative estimate of drug-likeness (QED) is 0.875. The van der Waals surface area contributed by atoms with Crippen molar-refractivity contribution in [2.45, 2.75) is 44.8 Å². The van der Waals surface area contributed by atoms with Gasteiger partial charge in [0.15, 0.2) is 0 Å². The molecule has 90 valence electrons. The van der Waals surface area contributed by atoms with Gasteiger partial charge in [-0.2, -0.15) is 0 Å². The topological polar surface area (TPSA) is 34.2 Å². The summed E-state index contributed by atoms with van der Waals surface area (Å²) in [6, 6.07) is 0.408. The maximum atomic E-state index is 5.82. The maximum Gasteiger partial charge on any atom is 0.0944 e. The van der Waals surface area contributed by atoms with Crippen LogP contribution in [0.5, 0.6) is 0 Å². The first-order valence-electron chi connectivity index (χ1n) is 5.99. The van der Waals surface area contributed by atoms with Crippen LogP contribution in [-0.4, -0.2) is 30.8 Å². The number of hydrogen-bond donors (Lipinski definition) is 1. The van der Waals surface area contributed by atoms with Crippen LogP contribution in [0.2, 0.25) is 0 Å². The molecule has 0 bridgehead atoms. The molecule has 4 heteroatoms. The molecule has 0 aliphatic carbocycles. The van der Waals surface area contributed by atoms with Gasteiger partial charge in [0, 0.05) is 30.1 Å². The van der Waals surface area contributed by atoms with E-state index in [0.717, 1.165) is 18.7 Å². The molecule has 0 aromatic carbocycles. The lowest BCUT2D eigenvalue weighted by Crippen LogP contribution is -2.42. The van der Waals surface area contributed by atoms with E-state index in [9.17, 15) is 0 Å². The summed E-state index contributed by atoms with van der Waals surface area (Å²) in [7, 11) is 2.02. The molecule has 16 heavy (non-hydrogen) atoms. The van der Waals surface area contributed by atoms with E-state index < -0.39 is 0 Å². The zero-order valence-electron chi connectivity index (χ0n) is 10.0. The summed E-state index contributed by atoms with van der Waals surface area (Å²) in [6.07, 6.45) is 5.03. The van der Waals surface area contributed by atoms with Crippen LogP contribution < -0.4 is 5.32 Å². The molecule has 2 heterocycles. The van der Waals surface area contributed by atoms with Crippen LogP contribution in [0.15, 0.2) is 5.38 Å². The fourth-order valence-electron chi connectivity index (χ4n) is 2.19. The fourth-order valence-corrected chi connectivity index (χ4v) is 3.02. The molecule has 1 aliphatic rings. The average Bonchev–Trinajstić information content (AvgIpc) is 2.73. The van der Waals surface area contributed by atoms with Crippen LogP contribution in [0.25, 0.3) is 0 Å². The number of aryl methyl sites for hydroxylation is 1. The lowest BCUT2D eigenvalue weighted by molar-refractivity contribution is -0.00588. The van der Waals surface area contributed by atoms with E-state index >= 15 is 0 Å². The highest BCUT2D eigenvalue weighted by atomic mass is 32.1. The highest BCUT2D eigenvalue weighted by molar-refractivity contribution is 7.09. The van der Waals surface area contributed by atoms with Crippen molar-refractivity contribution in [2.75, 3.05) is 13.7 Å². The standard InChI is InChI=1S/C12H20N2OS/c1-9-8-16-12(14-9)7-10(13-2)11-5-3-4-6-15-11/h8,10-11,13H,3-7H2,1-2H3. The number of ether oxygens (including phenoxy) is 1. The van der Waals surface area contributed by atoms with Crippen molar-refractivity contribution >= 4 is 11.3 Å². The summed E-state index contributed by atoms with van der Waals surface area (Å²) >= 11 is 1.75. The van der Waals surface area contributed by atoms with E-state index in [1.165, 1.54) is 24.3 Å². The molecule has 0 amide bonds. The highest BCUT2D eigenvalue weighted by Crippen LogP contribution is 2.19. The second-order valence-corrected chi connectivity index (χ2v) is 5.33. The first-order valence-corrected chi connectivity index (χ1v) is 6.87. The van der Waals surface area contributed by atoms with Gasteiger partial charge in [0.2, 0.25) is 0 Å². The largest absolute Gasteiger partial charge is 0.377 e. The van der Waals surface area contributed by atoms with Crippen LogP contribution >= 0.6 is 11.3 Å². The van der Waals surface area contributed by atoms with Crippen molar-refractivity contribution in [3.05, 3.63) is 16.1 Å². The number of hydrogen-bond acceptors (Lipinski definition) is 4. The second kappa shape index (κ2) is 5.75. The molecular formula is C12H20N2OS. The van der Waals surface area contributed by atoms with Crippen molar-refractivity contribution in [1.82, 2.24) is 10.3 Å². The number of nitrogens with zero attached hydrogens (tertiary/aromatic N) is 1. The molecule has 0 saturated carbocycles. The zero-order chi connectivity index (χ0) is 11.4. The van der Waals surface area contributed by atoms with E-state index in [1.807, 2.05) is 14.0 Å². The molecule has 2 rings (SSSR count). The Morgan fingerprint density at radius 1 is 1.62 bits per heavy atom. The molecular weight excluding hydrogens is 220 g/mol. The van der Waals surface area contributed by atoms with E-state index in [-0.39, 0.29) is 0 Å². The van der Waals surface area contributed by atoms with Crippen LogP contribution in [0.1, 0.15) is 30.0 Å². The monoisotopic (exact) mass is 240 g/mol. The summed E-state index contributed by atoms with van der Waals surface area (Å²) in [6.45, 7) is 2.96. The molecule has 1 N–H and O–H groups in total. The summed E-state index contributed by atoms with van der Waals surface area (Å²) in [5.74, 6) is 0. The lowest BCUT2D eigenvalue weighted by atomic mass is 10.00. The van der Waals surface area contributed by atoms with Crippen LogP contribution in [0.4, 0.5) is 0 Å². The molecule has 3 nitrogen and oxygen atoms in total. The van der Waals surface area contributed by atoms with E-state index in [1.54, 1.807) is 11.3 Å². The van der Waals surface area contributed by atoms with Crippen LogP contribution in [-0.2, 0) is 11.2 Å². The van der Waals surface area contributed by atoms with Crippen molar-refractivity contribution in [1.29, 1.82) is 0 Å². The van der Waals surface area contributed by atoms with Crippen molar-refractivity contribution < 1.29 is 4.74 Å². The third-order valence-corrected chi connectivity index (χ3v) is 4.08. The van der Waals surface area contributed by atoms with Crippen molar-refractivity contribution in [3.8, 4) is 0 Å². The van der Waals surface area contributed by atoms with Gasteiger partial charge < -0.3 is 10.1 Å². The molecule has 1 fully saturated rings. The minimum Gasteiger partial charge on any atom is -0.377 e. The van der Waals surface area contributed by atoms with E-state index in [4.69, 9.17) is 4.74 Å². The number of aromatic nitrogens is 1. The molecule has 1 aromatic rings. The molecule has 2 atom stereocenters. The van der Waals surface area contributed by atoms with Gasteiger partial charge in [0.25, 0.3) is 0 Å². The Hall–Kier alpha value is -0.450. The van der Waals surface area contributed by atoms with Gasteiger partial charge in [0.05, 0.1) is 11.1 Å². The predicted molar refractivity (Wildman–Crippen MR) is 67.0 cm³/mol.